The van der Waals surface area contributed by atoms with E-state index in [1.165, 1.54) is 12.6 Å². The van der Waals surface area contributed by atoms with Crippen LogP contribution >= 0.6 is 0 Å². The zero-order chi connectivity index (χ0) is 17.8. The molecule has 0 spiro atoms. The fraction of sp³-hybridized carbons (Fsp3) is 0.333. The summed E-state index contributed by atoms with van der Waals surface area (Å²) >= 11 is 0. The van der Waals surface area contributed by atoms with Gasteiger partial charge in [0.25, 0.3) is 5.91 Å². The van der Waals surface area contributed by atoms with Crippen LogP contribution in [0, 0.1) is 0 Å². The predicted molar refractivity (Wildman–Crippen MR) is 95.9 cm³/mol. The monoisotopic (exact) mass is 339 g/mol. The van der Waals surface area contributed by atoms with E-state index in [1.54, 1.807) is 6.92 Å². The van der Waals surface area contributed by atoms with Crippen molar-refractivity contribution in [3.63, 3.8) is 0 Å². The summed E-state index contributed by atoms with van der Waals surface area (Å²) in [4.78, 5) is 31.3. The predicted octanol–water partition coefficient (Wildman–Crippen LogP) is 2.42. The molecule has 3 rings (SSSR count). The van der Waals surface area contributed by atoms with Crippen LogP contribution in [-0.4, -0.2) is 27.7 Å². The third-order valence-corrected chi connectivity index (χ3v) is 4.16. The number of primary amides is 1. The van der Waals surface area contributed by atoms with Crippen LogP contribution in [0.1, 0.15) is 42.1 Å². The van der Waals surface area contributed by atoms with Gasteiger partial charge in [-0.15, -0.1) is 0 Å². The number of amides is 1. The zero-order valence-corrected chi connectivity index (χ0v) is 14.1. The van der Waals surface area contributed by atoms with Gasteiger partial charge in [-0.05, 0) is 43.9 Å². The first-order chi connectivity index (χ1) is 12.0. The Labute approximate surface area is 146 Å². The van der Waals surface area contributed by atoms with E-state index in [4.69, 9.17) is 5.73 Å². The summed E-state index contributed by atoms with van der Waals surface area (Å²) in [5, 5.41) is 6.36. The van der Waals surface area contributed by atoms with Crippen LogP contribution in [-0.2, 0) is 11.2 Å². The molecule has 1 aliphatic rings. The van der Waals surface area contributed by atoms with Gasteiger partial charge in [-0.3, -0.25) is 9.59 Å². The molecule has 0 radical (unpaired) electrons. The van der Waals surface area contributed by atoms with Crippen LogP contribution in [0.3, 0.4) is 0 Å². The molecule has 1 aliphatic carbocycles. The number of ketones is 1. The number of carbonyl (C=O) groups is 2. The summed E-state index contributed by atoms with van der Waals surface area (Å²) in [7, 11) is 0. The molecule has 1 saturated carbocycles. The first-order valence-electron chi connectivity index (χ1n) is 8.30. The largest absolute Gasteiger partial charge is 0.367 e. The number of Topliss-reactive ketones (excluding diaryl/α,β-unsaturated/α-hetero) is 1. The minimum Gasteiger partial charge on any atom is -0.367 e. The molecule has 4 N–H and O–H groups in total. The Hall–Kier alpha value is -2.96. The molecule has 1 heterocycles. The highest BCUT2D eigenvalue weighted by atomic mass is 16.1. The summed E-state index contributed by atoms with van der Waals surface area (Å²) in [5.74, 6) is 0.411. The Balaban J connectivity index is 1.76. The molecule has 0 bridgehead atoms. The second kappa shape index (κ2) is 7.29. The number of hydrogen-bond donors (Lipinski definition) is 3. The number of rotatable bonds is 7. The van der Waals surface area contributed by atoms with Gasteiger partial charge in [0.15, 0.2) is 0 Å². The average molecular weight is 339 g/mol. The van der Waals surface area contributed by atoms with Gasteiger partial charge < -0.3 is 16.4 Å². The zero-order valence-electron chi connectivity index (χ0n) is 14.1. The number of carbonyl (C=O) groups excluding carboxylic acids is 2. The van der Waals surface area contributed by atoms with Crippen molar-refractivity contribution < 1.29 is 9.59 Å². The van der Waals surface area contributed by atoms with Gasteiger partial charge in [-0.1, -0.05) is 12.1 Å². The van der Waals surface area contributed by atoms with Crippen molar-refractivity contribution in [2.45, 2.75) is 38.6 Å². The second-order valence-corrected chi connectivity index (χ2v) is 6.29. The van der Waals surface area contributed by atoms with E-state index < -0.39 is 5.91 Å². The highest BCUT2D eigenvalue weighted by Crippen LogP contribution is 2.25. The van der Waals surface area contributed by atoms with Gasteiger partial charge in [-0.25, -0.2) is 4.98 Å². The molecule has 1 aromatic carbocycles. The van der Waals surface area contributed by atoms with E-state index in [0.717, 1.165) is 24.1 Å². The second-order valence-electron chi connectivity index (χ2n) is 6.29. The Morgan fingerprint density at radius 2 is 1.96 bits per heavy atom. The lowest BCUT2D eigenvalue weighted by Gasteiger charge is -2.27. The van der Waals surface area contributed by atoms with E-state index in [9.17, 15) is 9.59 Å². The maximum Gasteiger partial charge on any atom is 0.254 e. The van der Waals surface area contributed by atoms with Crippen molar-refractivity contribution in [1.82, 2.24) is 9.97 Å². The Kier molecular flexibility index (Phi) is 4.92. The molecule has 0 atom stereocenters. The van der Waals surface area contributed by atoms with Crippen LogP contribution in [0.2, 0.25) is 0 Å². The maximum absolute atomic E-state index is 11.6. The van der Waals surface area contributed by atoms with Gasteiger partial charge in [0.05, 0.1) is 5.56 Å². The number of nitrogens with two attached hydrogens (primary N) is 1. The summed E-state index contributed by atoms with van der Waals surface area (Å²) in [6, 6.07) is 7.82. The minimum atomic E-state index is -0.554. The van der Waals surface area contributed by atoms with Gasteiger partial charge in [-0.2, -0.15) is 4.98 Å². The summed E-state index contributed by atoms with van der Waals surface area (Å²) in [6.07, 6.45) is 5.14. The lowest BCUT2D eigenvalue weighted by molar-refractivity contribution is -0.116. The van der Waals surface area contributed by atoms with E-state index >= 15 is 0 Å². The molecule has 130 valence electrons. The van der Waals surface area contributed by atoms with Crippen LogP contribution in [0.25, 0.3) is 0 Å². The molecular formula is C18H21N5O2. The maximum atomic E-state index is 11.6. The Morgan fingerprint density at radius 1 is 1.24 bits per heavy atom. The van der Waals surface area contributed by atoms with Crippen molar-refractivity contribution in [2.75, 3.05) is 10.6 Å². The molecular weight excluding hydrogens is 318 g/mol. The summed E-state index contributed by atoms with van der Waals surface area (Å²) in [6.45, 7) is 1.57. The number of nitrogens with zero attached hydrogens (tertiary/aromatic N) is 2. The van der Waals surface area contributed by atoms with Crippen molar-refractivity contribution in [2.24, 2.45) is 5.73 Å². The van der Waals surface area contributed by atoms with Gasteiger partial charge in [0.2, 0.25) is 5.95 Å². The van der Waals surface area contributed by atoms with Crippen LogP contribution in [0.5, 0.6) is 0 Å². The third kappa shape index (κ3) is 4.32. The first-order valence-corrected chi connectivity index (χ1v) is 8.30. The molecule has 0 aliphatic heterocycles. The fourth-order valence-corrected chi connectivity index (χ4v) is 2.60. The molecule has 7 nitrogen and oxygen atoms in total. The molecule has 1 fully saturated rings. The van der Waals surface area contributed by atoms with Gasteiger partial charge >= 0.3 is 0 Å². The lowest BCUT2D eigenvalue weighted by atomic mass is 9.93. The van der Waals surface area contributed by atoms with E-state index in [0.29, 0.717) is 24.2 Å². The van der Waals surface area contributed by atoms with Crippen LogP contribution in [0.4, 0.5) is 17.5 Å². The first kappa shape index (κ1) is 16.9. The highest BCUT2D eigenvalue weighted by molar-refractivity contribution is 5.97. The third-order valence-electron chi connectivity index (χ3n) is 4.16. The molecule has 2 aromatic rings. The minimum absolute atomic E-state index is 0.123. The van der Waals surface area contributed by atoms with E-state index in [-0.39, 0.29) is 11.3 Å². The van der Waals surface area contributed by atoms with Crippen LogP contribution in [0.15, 0.2) is 30.5 Å². The molecule has 7 heteroatoms. The number of aromatic nitrogens is 2. The summed E-state index contributed by atoms with van der Waals surface area (Å²) < 4.78 is 0. The van der Waals surface area contributed by atoms with Crippen molar-refractivity contribution in [3.8, 4) is 0 Å². The molecule has 0 saturated heterocycles. The Morgan fingerprint density at radius 3 is 2.52 bits per heavy atom. The topological polar surface area (TPSA) is 110 Å². The van der Waals surface area contributed by atoms with E-state index in [1.807, 2.05) is 24.3 Å². The number of nitrogens with one attached hydrogen (secondary N) is 2. The van der Waals surface area contributed by atoms with Crippen LogP contribution < -0.4 is 16.4 Å². The standard InChI is InChI=1S/C18H21N5O2/c1-11(24)9-12-5-7-14(8-6-12)22-18-20-10-15(16(19)25)17(23-18)21-13-3-2-4-13/h5-8,10,13H,2-4,9H2,1H3,(H2,19,25)(H2,20,21,22,23). The Bertz CT molecular complexity index is 785. The number of hydrogen-bond acceptors (Lipinski definition) is 6. The van der Waals surface area contributed by atoms with Gasteiger partial charge in [0, 0.05) is 24.3 Å². The number of benzene rings is 1. The molecule has 25 heavy (non-hydrogen) atoms. The molecule has 1 aromatic heterocycles. The molecule has 1 amide bonds. The van der Waals surface area contributed by atoms with E-state index in [2.05, 4.69) is 20.6 Å². The van der Waals surface area contributed by atoms with Crippen molar-refractivity contribution in [1.29, 1.82) is 0 Å². The highest BCUT2D eigenvalue weighted by Gasteiger charge is 2.21. The average Bonchev–Trinajstić information content (AvgIpc) is 2.52. The molecule has 0 unspecified atom stereocenters. The fourth-order valence-electron chi connectivity index (χ4n) is 2.60. The smallest absolute Gasteiger partial charge is 0.254 e. The summed E-state index contributed by atoms with van der Waals surface area (Å²) in [5.41, 5.74) is 7.44. The van der Waals surface area contributed by atoms with Gasteiger partial charge in [0.1, 0.15) is 11.6 Å². The SMILES string of the molecule is CC(=O)Cc1ccc(Nc2ncc(C(N)=O)c(NC3CCC3)n2)cc1. The quantitative estimate of drug-likeness (QED) is 0.714. The lowest BCUT2D eigenvalue weighted by Crippen LogP contribution is -2.29. The van der Waals surface area contributed by atoms with Crippen molar-refractivity contribution >= 4 is 29.1 Å². The number of anilines is 3. The van der Waals surface area contributed by atoms with Crippen molar-refractivity contribution in [3.05, 3.63) is 41.6 Å². The normalized spacial score (nSPS) is 13.8.